The monoisotopic (exact) mass is 408 g/mol. The molecule has 1 aromatic rings. The van der Waals surface area contributed by atoms with E-state index in [9.17, 15) is 5.11 Å². The molecule has 3 nitrogen and oxygen atoms in total. The Morgan fingerprint density at radius 3 is 2.90 bits per heavy atom. The van der Waals surface area contributed by atoms with E-state index in [1.165, 1.54) is 25.7 Å². The van der Waals surface area contributed by atoms with Crippen molar-refractivity contribution in [3.05, 3.63) is 35.4 Å². The molecule has 1 unspecified atom stereocenters. The standard InChI is InChI=1S/C27H36O3/c1-26-16-13-22-21-9-3-2-8-20(21)11-12-23(22)24(26)14-17-27(26,28)15-5-7-19-30-25-10-4-6-18-29-25/h2-3,8-9,22-25,28H,4,6-7,10-14,16-19H2,1H3/t22-,23-,24+,25?,26+,27+/m1/s1. The summed E-state index contributed by atoms with van der Waals surface area (Å²) < 4.78 is 11.4. The first-order valence-electron chi connectivity index (χ1n) is 12.1. The molecule has 3 aliphatic carbocycles. The molecule has 1 aliphatic heterocycles. The SMILES string of the molecule is C[C@]12CC[C@@H]3c4ccccc4CC[C@H]3[C@@H]1CC[C@@]2(O)C#CCCOC1CCCCO1. The molecule has 0 spiro atoms. The van der Waals surface area contributed by atoms with Crippen LogP contribution in [-0.2, 0) is 15.9 Å². The van der Waals surface area contributed by atoms with Gasteiger partial charge in [-0.25, -0.2) is 0 Å². The van der Waals surface area contributed by atoms with Crippen molar-refractivity contribution >= 4 is 0 Å². The summed E-state index contributed by atoms with van der Waals surface area (Å²) in [5.74, 6) is 8.56. The average Bonchev–Trinajstić information content (AvgIpc) is 3.05. The molecule has 6 atom stereocenters. The Balaban J connectivity index is 1.25. The summed E-state index contributed by atoms with van der Waals surface area (Å²) in [6.45, 7) is 3.72. The zero-order chi connectivity index (χ0) is 20.6. The molecular weight excluding hydrogens is 372 g/mol. The molecule has 0 radical (unpaired) electrons. The lowest BCUT2D eigenvalue weighted by atomic mass is 9.53. The van der Waals surface area contributed by atoms with E-state index in [-0.39, 0.29) is 11.7 Å². The van der Waals surface area contributed by atoms with Crippen LogP contribution in [0.25, 0.3) is 0 Å². The lowest BCUT2D eigenvalue weighted by Crippen LogP contribution is -2.50. The van der Waals surface area contributed by atoms with Gasteiger partial charge >= 0.3 is 0 Å². The van der Waals surface area contributed by atoms with Crippen molar-refractivity contribution in [1.82, 2.24) is 0 Å². The Kier molecular flexibility index (Phi) is 5.69. The van der Waals surface area contributed by atoms with Gasteiger partial charge in [0.05, 0.1) is 6.61 Å². The Labute approximate surface area is 181 Å². The number of hydrogen-bond donors (Lipinski definition) is 1. The number of aliphatic hydroxyl groups is 1. The van der Waals surface area contributed by atoms with Crippen molar-refractivity contribution in [3.63, 3.8) is 0 Å². The second-order valence-electron chi connectivity index (χ2n) is 10.2. The molecule has 0 amide bonds. The molecule has 4 aliphatic rings. The first kappa shape index (κ1) is 20.6. The van der Waals surface area contributed by atoms with Gasteiger partial charge in [-0.05, 0) is 86.7 Å². The van der Waals surface area contributed by atoms with Gasteiger partial charge in [0, 0.05) is 18.4 Å². The second-order valence-corrected chi connectivity index (χ2v) is 10.2. The molecule has 30 heavy (non-hydrogen) atoms. The lowest BCUT2D eigenvalue weighted by Gasteiger charge is -2.52. The van der Waals surface area contributed by atoms with E-state index in [0.717, 1.165) is 38.7 Å². The summed E-state index contributed by atoms with van der Waals surface area (Å²) in [5, 5.41) is 11.6. The molecule has 5 rings (SSSR count). The maximum atomic E-state index is 11.6. The van der Waals surface area contributed by atoms with Gasteiger partial charge in [-0.3, -0.25) is 0 Å². The highest BCUT2D eigenvalue weighted by Gasteiger charge is 2.61. The van der Waals surface area contributed by atoms with Crippen molar-refractivity contribution in [2.24, 2.45) is 17.3 Å². The highest BCUT2D eigenvalue weighted by Crippen LogP contribution is 2.64. The number of ether oxygens (including phenoxy) is 2. The van der Waals surface area contributed by atoms with Crippen LogP contribution in [0.5, 0.6) is 0 Å². The molecule has 0 aromatic heterocycles. The highest BCUT2D eigenvalue weighted by atomic mass is 16.7. The van der Waals surface area contributed by atoms with Crippen LogP contribution in [0.4, 0.5) is 0 Å². The minimum absolute atomic E-state index is 0.0542. The smallest absolute Gasteiger partial charge is 0.157 e. The molecule has 3 fully saturated rings. The molecule has 1 heterocycles. The van der Waals surface area contributed by atoms with E-state index in [2.05, 4.69) is 43.0 Å². The van der Waals surface area contributed by atoms with E-state index < -0.39 is 5.60 Å². The number of aryl methyl sites for hydroxylation is 1. The molecular formula is C27H36O3. The topological polar surface area (TPSA) is 38.7 Å². The molecule has 0 bridgehead atoms. The van der Waals surface area contributed by atoms with Crippen LogP contribution in [0.1, 0.15) is 81.8 Å². The van der Waals surface area contributed by atoms with Crippen LogP contribution in [-0.4, -0.2) is 30.2 Å². The largest absolute Gasteiger partial charge is 0.377 e. The van der Waals surface area contributed by atoms with Crippen molar-refractivity contribution in [1.29, 1.82) is 0 Å². The van der Waals surface area contributed by atoms with Crippen molar-refractivity contribution < 1.29 is 14.6 Å². The summed E-state index contributed by atoms with van der Waals surface area (Å²) in [6.07, 6.45) is 10.6. The second kappa shape index (κ2) is 8.30. The summed E-state index contributed by atoms with van der Waals surface area (Å²) in [7, 11) is 0. The van der Waals surface area contributed by atoms with Crippen molar-refractivity contribution in [2.45, 2.75) is 88.9 Å². The fourth-order valence-corrected chi connectivity index (χ4v) is 7.04. The maximum Gasteiger partial charge on any atom is 0.157 e. The van der Waals surface area contributed by atoms with Crippen LogP contribution < -0.4 is 0 Å². The first-order chi connectivity index (χ1) is 14.6. The van der Waals surface area contributed by atoms with E-state index in [1.54, 1.807) is 11.1 Å². The molecule has 162 valence electrons. The van der Waals surface area contributed by atoms with Gasteiger partial charge in [0.15, 0.2) is 6.29 Å². The molecule has 2 saturated carbocycles. The molecule has 1 aromatic carbocycles. The lowest BCUT2D eigenvalue weighted by molar-refractivity contribution is -0.161. The van der Waals surface area contributed by atoms with Crippen molar-refractivity contribution in [2.75, 3.05) is 13.2 Å². The quantitative estimate of drug-likeness (QED) is 0.551. The van der Waals surface area contributed by atoms with Gasteiger partial charge in [0.25, 0.3) is 0 Å². The third-order valence-corrected chi connectivity index (χ3v) is 8.75. The number of benzene rings is 1. The van der Waals surface area contributed by atoms with E-state index in [1.807, 2.05) is 0 Å². The summed E-state index contributed by atoms with van der Waals surface area (Å²) >= 11 is 0. The Bertz CT molecular complexity index is 817. The fourth-order valence-electron chi connectivity index (χ4n) is 7.04. The van der Waals surface area contributed by atoms with Crippen LogP contribution in [0.3, 0.4) is 0 Å². The van der Waals surface area contributed by atoms with Gasteiger partial charge in [-0.2, -0.15) is 0 Å². The van der Waals surface area contributed by atoms with Crippen molar-refractivity contribution in [3.8, 4) is 11.8 Å². The van der Waals surface area contributed by atoms with Gasteiger partial charge in [0.1, 0.15) is 5.60 Å². The predicted octanol–water partition coefficient (Wildman–Crippen LogP) is 5.21. The van der Waals surface area contributed by atoms with Crippen LogP contribution in [0.2, 0.25) is 0 Å². The fraction of sp³-hybridized carbons (Fsp3) is 0.704. The zero-order valence-electron chi connectivity index (χ0n) is 18.4. The molecule has 3 heteroatoms. The third-order valence-electron chi connectivity index (χ3n) is 8.75. The Morgan fingerprint density at radius 2 is 2.03 bits per heavy atom. The first-order valence-corrected chi connectivity index (χ1v) is 12.1. The highest BCUT2D eigenvalue weighted by molar-refractivity contribution is 5.36. The minimum Gasteiger partial charge on any atom is -0.377 e. The number of rotatable bonds is 3. The minimum atomic E-state index is -0.846. The Morgan fingerprint density at radius 1 is 1.13 bits per heavy atom. The molecule has 1 saturated heterocycles. The van der Waals surface area contributed by atoms with E-state index in [4.69, 9.17) is 9.47 Å². The maximum absolute atomic E-state index is 11.6. The van der Waals surface area contributed by atoms with Crippen LogP contribution in [0.15, 0.2) is 24.3 Å². The van der Waals surface area contributed by atoms with Gasteiger partial charge in [0.2, 0.25) is 0 Å². The number of fused-ring (bicyclic) bond motifs is 5. The average molecular weight is 409 g/mol. The zero-order valence-corrected chi connectivity index (χ0v) is 18.4. The van der Waals surface area contributed by atoms with Crippen LogP contribution >= 0.6 is 0 Å². The van der Waals surface area contributed by atoms with E-state index in [0.29, 0.717) is 30.8 Å². The van der Waals surface area contributed by atoms with Crippen LogP contribution in [0, 0.1) is 29.1 Å². The summed E-state index contributed by atoms with van der Waals surface area (Å²) in [6, 6.07) is 9.05. The summed E-state index contributed by atoms with van der Waals surface area (Å²) in [5.41, 5.74) is 2.21. The third kappa shape index (κ3) is 3.52. The van der Waals surface area contributed by atoms with Gasteiger partial charge < -0.3 is 14.6 Å². The molecule has 1 N–H and O–H groups in total. The Hall–Kier alpha value is -1.34. The van der Waals surface area contributed by atoms with Gasteiger partial charge in [-0.1, -0.05) is 43.0 Å². The predicted molar refractivity (Wildman–Crippen MR) is 118 cm³/mol. The van der Waals surface area contributed by atoms with Gasteiger partial charge in [-0.15, -0.1) is 0 Å². The summed E-state index contributed by atoms with van der Waals surface area (Å²) in [4.78, 5) is 0. The number of hydrogen-bond acceptors (Lipinski definition) is 3. The normalized spacial score (nSPS) is 39.9. The van der Waals surface area contributed by atoms with E-state index >= 15 is 0 Å².